The molecule has 3 fully saturated rings. The summed E-state index contributed by atoms with van der Waals surface area (Å²) in [4.78, 5) is 30.2. The van der Waals surface area contributed by atoms with E-state index in [0.717, 1.165) is 36.6 Å². The van der Waals surface area contributed by atoms with E-state index < -0.39 is 12.0 Å². The number of halogens is 1. The van der Waals surface area contributed by atoms with Gasteiger partial charge in [-0.25, -0.2) is 5.06 Å². The van der Waals surface area contributed by atoms with Gasteiger partial charge in [0, 0.05) is 11.6 Å². The van der Waals surface area contributed by atoms with E-state index in [4.69, 9.17) is 16.3 Å². The molecule has 4 heterocycles. The number of piperidine rings is 3. The fraction of sp³-hybridized carbons (Fsp3) is 0.417. The molecule has 0 aliphatic carbocycles. The van der Waals surface area contributed by atoms with Crippen molar-refractivity contribution in [3.05, 3.63) is 58.6 Å². The molecule has 32 heavy (non-hydrogen) atoms. The standard InChI is InChI=1S/C24H26ClN3O4/c1-15-23(29)27(13-16-5-3-2-4-6-16)20-12-18(25)11-19(22(20)32-15)24(30)28(31)21-14-26-9-7-17(21)8-10-26/h2-6,11-12,15,17,21,31H,7-10,13-14H2,1H3. The third-order valence-electron chi connectivity index (χ3n) is 6.79. The number of fused-ring (bicyclic) bond motifs is 4. The molecule has 0 saturated carbocycles. The van der Waals surface area contributed by atoms with E-state index in [9.17, 15) is 14.8 Å². The van der Waals surface area contributed by atoms with Gasteiger partial charge >= 0.3 is 0 Å². The molecule has 6 rings (SSSR count). The quantitative estimate of drug-likeness (QED) is 0.563. The van der Waals surface area contributed by atoms with Gasteiger partial charge in [-0.2, -0.15) is 0 Å². The third kappa shape index (κ3) is 3.74. The zero-order chi connectivity index (χ0) is 22.4. The van der Waals surface area contributed by atoms with Crippen LogP contribution in [0.15, 0.2) is 42.5 Å². The molecule has 7 nitrogen and oxygen atoms in total. The second-order valence-corrected chi connectivity index (χ2v) is 9.26. The molecule has 2 amide bonds. The Hall–Kier alpha value is -2.61. The lowest BCUT2D eigenvalue weighted by Crippen LogP contribution is -2.57. The number of benzene rings is 2. The number of carbonyl (C=O) groups excluding carboxylic acids is 2. The number of hydrogen-bond donors (Lipinski definition) is 1. The summed E-state index contributed by atoms with van der Waals surface area (Å²) in [5.41, 5.74) is 1.56. The van der Waals surface area contributed by atoms with Gasteiger partial charge in [0.25, 0.3) is 11.8 Å². The van der Waals surface area contributed by atoms with Crippen molar-refractivity contribution >= 4 is 29.1 Å². The summed E-state index contributed by atoms with van der Waals surface area (Å²) < 4.78 is 5.90. The normalized spacial score (nSPS) is 26.5. The molecule has 168 valence electrons. The van der Waals surface area contributed by atoms with Gasteiger partial charge in [0.2, 0.25) is 0 Å². The highest BCUT2D eigenvalue weighted by molar-refractivity contribution is 6.31. The second-order valence-electron chi connectivity index (χ2n) is 8.83. The summed E-state index contributed by atoms with van der Waals surface area (Å²) in [6.45, 7) is 4.67. The van der Waals surface area contributed by atoms with Gasteiger partial charge in [-0.1, -0.05) is 41.9 Å². The van der Waals surface area contributed by atoms with E-state index >= 15 is 0 Å². The second kappa shape index (κ2) is 8.39. The first-order valence-corrected chi connectivity index (χ1v) is 11.4. The summed E-state index contributed by atoms with van der Waals surface area (Å²) >= 11 is 6.38. The third-order valence-corrected chi connectivity index (χ3v) is 7.01. The lowest BCUT2D eigenvalue weighted by atomic mass is 9.83. The van der Waals surface area contributed by atoms with Crippen molar-refractivity contribution < 1.29 is 19.5 Å². The molecule has 2 unspecified atom stereocenters. The van der Waals surface area contributed by atoms with Crippen LogP contribution in [0.2, 0.25) is 5.02 Å². The van der Waals surface area contributed by atoms with E-state index in [2.05, 4.69) is 4.90 Å². The molecule has 0 spiro atoms. The fourth-order valence-electron chi connectivity index (χ4n) is 5.04. The van der Waals surface area contributed by atoms with E-state index in [1.165, 1.54) is 6.07 Å². The minimum Gasteiger partial charge on any atom is -0.478 e. The predicted molar refractivity (Wildman–Crippen MR) is 120 cm³/mol. The smallest absolute Gasteiger partial charge is 0.281 e. The Labute approximate surface area is 192 Å². The summed E-state index contributed by atoms with van der Waals surface area (Å²) in [6.07, 6.45) is 1.17. The number of nitrogens with zero attached hydrogens (tertiary/aromatic N) is 3. The molecular formula is C24H26ClN3O4. The molecule has 4 aliphatic heterocycles. The maximum atomic E-state index is 13.4. The van der Waals surface area contributed by atoms with Crippen molar-refractivity contribution in [2.24, 2.45) is 5.92 Å². The highest BCUT2D eigenvalue weighted by Gasteiger charge is 2.41. The zero-order valence-corrected chi connectivity index (χ0v) is 18.7. The molecule has 0 radical (unpaired) electrons. The summed E-state index contributed by atoms with van der Waals surface area (Å²) in [5, 5.41) is 12.1. The molecule has 0 aromatic heterocycles. The zero-order valence-electron chi connectivity index (χ0n) is 17.9. The number of hydrogen-bond acceptors (Lipinski definition) is 5. The molecule has 2 bridgehead atoms. The number of ether oxygens (including phenoxy) is 1. The van der Waals surface area contributed by atoms with Crippen LogP contribution in [0.25, 0.3) is 0 Å². The van der Waals surface area contributed by atoms with Gasteiger partial charge in [-0.15, -0.1) is 0 Å². The van der Waals surface area contributed by atoms with Gasteiger partial charge < -0.3 is 14.5 Å². The number of hydroxylamine groups is 2. The van der Waals surface area contributed by atoms with Crippen molar-refractivity contribution in [3.63, 3.8) is 0 Å². The van der Waals surface area contributed by atoms with Gasteiger partial charge in [0.05, 0.1) is 23.8 Å². The minimum atomic E-state index is -0.761. The van der Waals surface area contributed by atoms with Crippen LogP contribution in [0, 0.1) is 5.92 Å². The van der Waals surface area contributed by atoms with Crippen LogP contribution in [0.1, 0.15) is 35.7 Å². The lowest BCUT2D eigenvalue weighted by molar-refractivity contribution is -0.133. The van der Waals surface area contributed by atoms with Crippen molar-refractivity contribution in [2.75, 3.05) is 24.5 Å². The largest absolute Gasteiger partial charge is 0.478 e. The van der Waals surface area contributed by atoms with E-state index in [-0.39, 0.29) is 29.2 Å². The Bertz CT molecular complexity index is 1040. The lowest BCUT2D eigenvalue weighted by Gasteiger charge is -2.47. The van der Waals surface area contributed by atoms with Crippen molar-refractivity contribution in [1.29, 1.82) is 0 Å². The van der Waals surface area contributed by atoms with Crippen LogP contribution >= 0.6 is 11.6 Å². The monoisotopic (exact) mass is 455 g/mol. The first kappa shape index (κ1) is 21.2. The topological polar surface area (TPSA) is 73.3 Å². The number of rotatable bonds is 4. The highest BCUT2D eigenvalue weighted by atomic mass is 35.5. The van der Waals surface area contributed by atoms with Gasteiger partial charge in [-0.3, -0.25) is 14.8 Å². The maximum absolute atomic E-state index is 13.4. The Morgan fingerprint density at radius 1 is 1.22 bits per heavy atom. The molecule has 2 aromatic carbocycles. The predicted octanol–water partition coefficient (Wildman–Crippen LogP) is 3.58. The highest BCUT2D eigenvalue weighted by Crippen LogP contribution is 2.41. The van der Waals surface area contributed by atoms with Crippen molar-refractivity contribution in [1.82, 2.24) is 9.96 Å². The maximum Gasteiger partial charge on any atom is 0.281 e. The van der Waals surface area contributed by atoms with Gasteiger partial charge in [-0.05, 0) is 56.5 Å². The molecule has 2 aromatic rings. The Kier molecular flexibility index (Phi) is 5.57. The summed E-state index contributed by atoms with van der Waals surface area (Å²) in [7, 11) is 0. The SMILES string of the molecule is CC1Oc2c(C(=O)N(O)C3CN4CCC3CC4)cc(Cl)cc2N(Cc2ccccc2)C1=O. The van der Waals surface area contributed by atoms with E-state index in [0.29, 0.717) is 23.8 Å². The Balaban J connectivity index is 1.50. The average Bonchev–Trinajstić information content (AvgIpc) is 2.82. The van der Waals surface area contributed by atoms with Crippen LogP contribution in [0.5, 0.6) is 5.75 Å². The molecule has 8 heteroatoms. The van der Waals surface area contributed by atoms with Crippen molar-refractivity contribution in [2.45, 2.75) is 38.5 Å². The van der Waals surface area contributed by atoms with E-state index in [1.807, 2.05) is 30.3 Å². The first-order chi connectivity index (χ1) is 15.4. The average molecular weight is 456 g/mol. The van der Waals surface area contributed by atoms with Crippen molar-refractivity contribution in [3.8, 4) is 5.75 Å². The van der Waals surface area contributed by atoms with Crippen LogP contribution in [0.4, 0.5) is 5.69 Å². The van der Waals surface area contributed by atoms with E-state index in [1.54, 1.807) is 17.9 Å². The number of amides is 2. The van der Waals surface area contributed by atoms with Crippen LogP contribution in [-0.2, 0) is 11.3 Å². The molecule has 3 saturated heterocycles. The molecule has 4 aliphatic rings. The number of anilines is 1. The Morgan fingerprint density at radius 3 is 2.59 bits per heavy atom. The minimum absolute atomic E-state index is 0.170. The van der Waals surface area contributed by atoms with Crippen LogP contribution < -0.4 is 9.64 Å². The summed E-state index contributed by atoms with van der Waals surface area (Å²) in [5.74, 6) is -0.202. The number of carbonyl (C=O) groups is 2. The molecular weight excluding hydrogens is 430 g/mol. The molecule has 2 atom stereocenters. The van der Waals surface area contributed by atoms with Gasteiger partial charge in [0.15, 0.2) is 11.9 Å². The van der Waals surface area contributed by atoms with Crippen LogP contribution in [0.3, 0.4) is 0 Å². The summed E-state index contributed by atoms with van der Waals surface area (Å²) in [6, 6.07) is 12.5. The fourth-order valence-corrected chi connectivity index (χ4v) is 5.25. The molecule has 1 N–H and O–H groups in total. The van der Waals surface area contributed by atoms with Crippen LogP contribution in [-0.4, -0.2) is 58.8 Å². The van der Waals surface area contributed by atoms with Gasteiger partial charge in [0.1, 0.15) is 0 Å². The first-order valence-electron chi connectivity index (χ1n) is 11.0. The Morgan fingerprint density at radius 2 is 1.94 bits per heavy atom.